The molecule has 3 nitrogen and oxygen atoms in total. The summed E-state index contributed by atoms with van der Waals surface area (Å²) in [5.74, 6) is 0.640. The molecule has 0 aliphatic carbocycles. The second-order valence-electron chi connectivity index (χ2n) is 8.22. The van der Waals surface area contributed by atoms with Crippen molar-refractivity contribution in [2.75, 3.05) is 0 Å². The van der Waals surface area contributed by atoms with Crippen molar-refractivity contribution < 1.29 is 15.3 Å². The Kier molecular flexibility index (Phi) is 4.24. The van der Waals surface area contributed by atoms with Gasteiger partial charge in [-0.2, -0.15) is 0 Å². The van der Waals surface area contributed by atoms with Gasteiger partial charge in [-0.1, -0.05) is 84.9 Å². The van der Waals surface area contributed by atoms with E-state index in [2.05, 4.69) is 0 Å². The highest BCUT2D eigenvalue weighted by Gasteiger charge is 2.17. The molecule has 0 unspecified atom stereocenters. The second kappa shape index (κ2) is 7.28. The summed E-state index contributed by atoms with van der Waals surface area (Å²) in [4.78, 5) is 0. The van der Waals surface area contributed by atoms with E-state index in [0.717, 1.165) is 54.6 Å². The van der Waals surface area contributed by atoms with Crippen LogP contribution >= 0.6 is 0 Å². The van der Waals surface area contributed by atoms with Crippen LogP contribution in [-0.4, -0.2) is 15.3 Å². The number of phenols is 3. The first-order chi connectivity index (χ1) is 16.1. The summed E-state index contributed by atoms with van der Waals surface area (Å²) in [7, 11) is 0. The van der Waals surface area contributed by atoms with Crippen LogP contribution in [0.5, 0.6) is 17.2 Å². The van der Waals surface area contributed by atoms with Gasteiger partial charge in [0.05, 0.1) is 0 Å². The Balaban J connectivity index is 1.72. The Morgan fingerprint density at radius 2 is 0.879 bits per heavy atom. The van der Waals surface area contributed by atoms with Crippen molar-refractivity contribution in [3.63, 3.8) is 0 Å². The van der Waals surface area contributed by atoms with Gasteiger partial charge in [-0.05, 0) is 56.6 Å². The third kappa shape index (κ3) is 2.90. The van der Waals surface area contributed by atoms with Crippen LogP contribution in [0.2, 0.25) is 0 Å². The van der Waals surface area contributed by atoms with E-state index >= 15 is 0 Å². The molecule has 3 N–H and O–H groups in total. The van der Waals surface area contributed by atoms with Gasteiger partial charge < -0.3 is 15.3 Å². The van der Waals surface area contributed by atoms with E-state index in [9.17, 15) is 15.3 Å². The van der Waals surface area contributed by atoms with E-state index in [1.165, 1.54) is 0 Å². The average molecular weight is 428 g/mol. The lowest BCUT2D eigenvalue weighted by atomic mass is 9.88. The number of phenolic OH excluding ortho intramolecular Hbond substituents is 3. The Morgan fingerprint density at radius 3 is 1.70 bits per heavy atom. The average Bonchev–Trinajstić information content (AvgIpc) is 2.84. The minimum absolute atomic E-state index is 0.186. The number of hydrogen-bond acceptors (Lipinski definition) is 3. The van der Waals surface area contributed by atoms with E-state index in [1.54, 1.807) is 18.2 Å². The van der Waals surface area contributed by atoms with Crippen LogP contribution in [0.15, 0.2) is 103 Å². The van der Waals surface area contributed by atoms with Gasteiger partial charge in [0.1, 0.15) is 17.2 Å². The molecule has 0 saturated carbocycles. The zero-order valence-corrected chi connectivity index (χ0v) is 17.7. The smallest absolute Gasteiger partial charge is 0.124 e. The zero-order valence-electron chi connectivity index (χ0n) is 17.7. The standard InChI is InChI=1S/C30H20O3/c31-26-17-16-20(19-8-1-2-9-22(19)26)25-15-14-21(24-11-5-13-28(33)30(24)25)23-10-3-6-18-7-4-12-27(32)29(18)23/h1-17,31-33H. The summed E-state index contributed by atoms with van der Waals surface area (Å²) in [5, 5.41) is 37.0. The van der Waals surface area contributed by atoms with Crippen molar-refractivity contribution in [1.29, 1.82) is 0 Å². The summed E-state index contributed by atoms with van der Waals surface area (Å²) < 4.78 is 0. The van der Waals surface area contributed by atoms with E-state index in [1.807, 2.05) is 84.9 Å². The van der Waals surface area contributed by atoms with Crippen LogP contribution < -0.4 is 0 Å². The van der Waals surface area contributed by atoms with Gasteiger partial charge in [-0.15, -0.1) is 0 Å². The van der Waals surface area contributed by atoms with E-state index < -0.39 is 0 Å². The van der Waals surface area contributed by atoms with Crippen LogP contribution in [0.3, 0.4) is 0 Å². The lowest BCUT2D eigenvalue weighted by Crippen LogP contribution is -1.89. The van der Waals surface area contributed by atoms with Gasteiger partial charge >= 0.3 is 0 Å². The van der Waals surface area contributed by atoms with Gasteiger partial charge in [0.2, 0.25) is 0 Å². The van der Waals surface area contributed by atoms with Crippen LogP contribution in [0.4, 0.5) is 0 Å². The number of fused-ring (bicyclic) bond motifs is 3. The van der Waals surface area contributed by atoms with E-state index in [4.69, 9.17) is 0 Å². The molecule has 0 aromatic heterocycles. The summed E-state index contributed by atoms with van der Waals surface area (Å²) in [5.41, 5.74) is 3.65. The maximum Gasteiger partial charge on any atom is 0.124 e. The van der Waals surface area contributed by atoms with Gasteiger partial charge in [0, 0.05) is 16.2 Å². The Labute approximate surface area is 190 Å². The van der Waals surface area contributed by atoms with Crippen molar-refractivity contribution in [2.24, 2.45) is 0 Å². The quantitative estimate of drug-likeness (QED) is 0.266. The van der Waals surface area contributed by atoms with Gasteiger partial charge in [-0.3, -0.25) is 0 Å². The van der Waals surface area contributed by atoms with Gasteiger partial charge in [0.15, 0.2) is 0 Å². The molecular formula is C30H20O3. The summed E-state index contributed by atoms with van der Waals surface area (Å²) in [6, 6.07) is 32.4. The number of hydrogen-bond donors (Lipinski definition) is 3. The molecule has 6 aromatic rings. The molecule has 3 heteroatoms. The second-order valence-corrected chi connectivity index (χ2v) is 8.22. The molecule has 6 rings (SSSR count). The molecule has 0 atom stereocenters. The molecule has 0 saturated heterocycles. The number of rotatable bonds is 2. The molecule has 0 aliphatic rings. The van der Waals surface area contributed by atoms with Crippen LogP contribution in [-0.2, 0) is 0 Å². The minimum atomic E-state index is 0.186. The summed E-state index contributed by atoms with van der Waals surface area (Å²) in [6.45, 7) is 0. The molecule has 0 radical (unpaired) electrons. The molecule has 33 heavy (non-hydrogen) atoms. The minimum Gasteiger partial charge on any atom is -0.507 e. The monoisotopic (exact) mass is 428 g/mol. The van der Waals surface area contributed by atoms with Crippen LogP contribution in [0, 0.1) is 0 Å². The normalized spacial score (nSPS) is 11.4. The van der Waals surface area contributed by atoms with Crippen molar-refractivity contribution in [3.05, 3.63) is 103 Å². The Hall–Kier alpha value is -4.50. The lowest BCUT2D eigenvalue weighted by Gasteiger charge is -2.16. The van der Waals surface area contributed by atoms with E-state index in [0.29, 0.717) is 0 Å². The maximum absolute atomic E-state index is 11.0. The fourth-order valence-corrected chi connectivity index (χ4v) is 4.91. The molecule has 158 valence electrons. The van der Waals surface area contributed by atoms with Crippen molar-refractivity contribution >= 4 is 32.3 Å². The van der Waals surface area contributed by atoms with Crippen molar-refractivity contribution in [3.8, 4) is 39.5 Å². The SMILES string of the molecule is Oc1ccc(-c2ccc(-c3cccc4cccc(O)c34)c3cccc(O)c23)c2ccccc12. The zero-order chi connectivity index (χ0) is 22.5. The number of benzene rings is 6. The summed E-state index contributed by atoms with van der Waals surface area (Å²) >= 11 is 0. The fourth-order valence-electron chi connectivity index (χ4n) is 4.91. The molecule has 0 amide bonds. The highest BCUT2D eigenvalue weighted by molar-refractivity contribution is 6.15. The third-order valence-electron chi connectivity index (χ3n) is 6.38. The first-order valence-corrected chi connectivity index (χ1v) is 10.8. The largest absolute Gasteiger partial charge is 0.507 e. The molecule has 0 bridgehead atoms. The lowest BCUT2D eigenvalue weighted by molar-refractivity contribution is 0.481. The topological polar surface area (TPSA) is 60.7 Å². The molecule has 6 aromatic carbocycles. The van der Waals surface area contributed by atoms with E-state index in [-0.39, 0.29) is 17.2 Å². The predicted molar refractivity (Wildman–Crippen MR) is 135 cm³/mol. The maximum atomic E-state index is 11.0. The third-order valence-corrected chi connectivity index (χ3v) is 6.38. The van der Waals surface area contributed by atoms with Gasteiger partial charge in [0.25, 0.3) is 0 Å². The highest BCUT2D eigenvalue weighted by atomic mass is 16.3. The summed E-state index contributed by atoms with van der Waals surface area (Å²) in [6.07, 6.45) is 0. The Bertz CT molecular complexity index is 1690. The van der Waals surface area contributed by atoms with Crippen LogP contribution in [0.1, 0.15) is 0 Å². The highest BCUT2D eigenvalue weighted by Crippen LogP contribution is 2.45. The molecule has 0 spiro atoms. The first-order valence-electron chi connectivity index (χ1n) is 10.8. The predicted octanol–water partition coefficient (Wildman–Crippen LogP) is 7.60. The van der Waals surface area contributed by atoms with Crippen molar-refractivity contribution in [1.82, 2.24) is 0 Å². The fraction of sp³-hybridized carbons (Fsp3) is 0. The van der Waals surface area contributed by atoms with Gasteiger partial charge in [-0.25, -0.2) is 0 Å². The number of aromatic hydroxyl groups is 3. The molecule has 0 fully saturated rings. The Morgan fingerprint density at radius 1 is 0.333 bits per heavy atom. The van der Waals surface area contributed by atoms with Crippen molar-refractivity contribution in [2.45, 2.75) is 0 Å². The molecule has 0 heterocycles. The molecular weight excluding hydrogens is 408 g/mol. The molecule has 0 aliphatic heterocycles. The first kappa shape index (κ1) is 19.2. The van der Waals surface area contributed by atoms with Crippen LogP contribution in [0.25, 0.3) is 54.6 Å².